The lowest BCUT2D eigenvalue weighted by molar-refractivity contribution is 1.41. The third-order valence-corrected chi connectivity index (χ3v) is 3.30. The number of benzene rings is 2. The molecule has 0 amide bonds. The Hall–Kier alpha value is -1.80. The summed E-state index contributed by atoms with van der Waals surface area (Å²) in [7, 11) is 2.06. The van der Waals surface area contributed by atoms with Crippen molar-refractivity contribution >= 4 is 35.8 Å². The summed E-state index contributed by atoms with van der Waals surface area (Å²) >= 11 is 6.28. The average Bonchev–Trinajstić information content (AvgIpc) is 2.39. The van der Waals surface area contributed by atoms with E-state index in [4.69, 9.17) is 11.6 Å². The van der Waals surface area contributed by atoms with Crippen molar-refractivity contribution in [3.8, 4) is 11.1 Å². The number of pyridine rings is 1. The van der Waals surface area contributed by atoms with E-state index in [9.17, 15) is 0 Å². The first-order valence-corrected chi connectivity index (χ1v) is 6.24. The molecule has 3 heteroatoms. The molecule has 0 atom stereocenters. The predicted octanol–water partition coefficient (Wildman–Crippen LogP) is 2.81. The molecule has 0 aliphatic carbocycles. The highest BCUT2D eigenvalue weighted by molar-refractivity contribution is 6.34. The van der Waals surface area contributed by atoms with Gasteiger partial charge in [-0.3, -0.25) is 0 Å². The van der Waals surface area contributed by atoms with Crippen molar-refractivity contribution in [2.24, 2.45) is 0 Å². The van der Waals surface area contributed by atoms with Gasteiger partial charge < -0.3 is 0 Å². The van der Waals surface area contributed by atoms with Crippen molar-refractivity contribution in [1.29, 1.82) is 0 Å². The van der Waals surface area contributed by atoms with Gasteiger partial charge in [0.2, 0.25) is 0 Å². The van der Waals surface area contributed by atoms with Crippen LogP contribution in [0, 0.1) is 0 Å². The fourth-order valence-corrected chi connectivity index (χ4v) is 2.33. The standard InChI is InChI=1S/C15H11BClN/c16-12-7-6-11-8-13(10-4-2-1-3-5-10)15(17)18-14(11)9-12/h1-9H,16H2. The zero-order valence-corrected chi connectivity index (χ0v) is 10.8. The van der Waals surface area contributed by atoms with E-state index in [-0.39, 0.29) is 0 Å². The van der Waals surface area contributed by atoms with E-state index in [0.717, 1.165) is 22.0 Å². The average molecular weight is 252 g/mol. The number of fused-ring (bicyclic) bond motifs is 1. The summed E-state index contributed by atoms with van der Waals surface area (Å²) in [5, 5.41) is 1.67. The van der Waals surface area contributed by atoms with Crippen molar-refractivity contribution in [3.63, 3.8) is 0 Å². The number of halogens is 1. The molecule has 0 N–H and O–H groups in total. The zero-order chi connectivity index (χ0) is 12.5. The van der Waals surface area contributed by atoms with Crippen molar-refractivity contribution < 1.29 is 0 Å². The van der Waals surface area contributed by atoms with Gasteiger partial charge in [0, 0.05) is 10.9 Å². The molecule has 18 heavy (non-hydrogen) atoms. The minimum Gasteiger partial charge on any atom is -0.235 e. The predicted molar refractivity (Wildman–Crippen MR) is 80.4 cm³/mol. The summed E-state index contributed by atoms with van der Waals surface area (Å²) in [5.74, 6) is 0. The Morgan fingerprint density at radius 2 is 1.72 bits per heavy atom. The highest BCUT2D eigenvalue weighted by Crippen LogP contribution is 2.29. The summed E-state index contributed by atoms with van der Waals surface area (Å²) in [6.07, 6.45) is 0. The minimum atomic E-state index is 0.555. The Bertz CT molecular complexity index is 710. The molecule has 1 aromatic heterocycles. The summed E-state index contributed by atoms with van der Waals surface area (Å²) < 4.78 is 0. The van der Waals surface area contributed by atoms with E-state index in [1.807, 2.05) is 30.3 Å². The second kappa shape index (κ2) is 4.47. The first-order chi connectivity index (χ1) is 8.74. The Balaban J connectivity index is 2.25. The number of nitrogens with zero attached hydrogens (tertiary/aromatic N) is 1. The van der Waals surface area contributed by atoms with Gasteiger partial charge >= 0.3 is 0 Å². The van der Waals surface area contributed by atoms with Crippen LogP contribution in [0.25, 0.3) is 22.0 Å². The van der Waals surface area contributed by atoms with Crippen LogP contribution >= 0.6 is 11.6 Å². The monoisotopic (exact) mass is 251 g/mol. The van der Waals surface area contributed by atoms with Gasteiger partial charge in [0.1, 0.15) is 13.0 Å². The second-order valence-electron chi connectivity index (χ2n) is 4.39. The molecule has 0 fully saturated rings. The number of aromatic nitrogens is 1. The molecule has 2 aromatic carbocycles. The van der Waals surface area contributed by atoms with Crippen molar-refractivity contribution in [1.82, 2.24) is 4.98 Å². The van der Waals surface area contributed by atoms with E-state index in [2.05, 4.69) is 37.1 Å². The maximum atomic E-state index is 6.28. The molecule has 0 saturated heterocycles. The highest BCUT2D eigenvalue weighted by atomic mass is 35.5. The Morgan fingerprint density at radius 1 is 0.944 bits per heavy atom. The van der Waals surface area contributed by atoms with Crippen LogP contribution < -0.4 is 5.46 Å². The Labute approximate surface area is 112 Å². The molecule has 0 aliphatic heterocycles. The molecule has 1 nitrogen and oxygen atoms in total. The number of rotatable bonds is 1. The molecule has 0 bridgehead atoms. The molecule has 0 saturated carbocycles. The lowest BCUT2D eigenvalue weighted by Gasteiger charge is -2.06. The van der Waals surface area contributed by atoms with Crippen molar-refractivity contribution in [3.05, 3.63) is 59.8 Å². The maximum absolute atomic E-state index is 6.28. The van der Waals surface area contributed by atoms with Gasteiger partial charge in [-0.1, -0.05) is 59.5 Å². The summed E-state index contributed by atoms with van der Waals surface area (Å²) in [5.41, 5.74) is 4.21. The quantitative estimate of drug-likeness (QED) is 0.479. The van der Waals surface area contributed by atoms with Gasteiger partial charge in [-0.05, 0) is 17.7 Å². The molecule has 0 radical (unpaired) electrons. The first kappa shape index (κ1) is 11.3. The number of hydrogen-bond acceptors (Lipinski definition) is 1. The molecule has 0 unspecified atom stereocenters. The molecule has 86 valence electrons. The molecular weight excluding hydrogens is 240 g/mol. The lowest BCUT2D eigenvalue weighted by atomic mass is 9.94. The largest absolute Gasteiger partial charge is 0.235 e. The van der Waals surface area contributed by atoms with Crippen LogP contribution in [0.5, 0.6) is 0 Å². The highest BCUT2D eigenvalue weighted by Gasteiger charge is 2.06. The topological polar surface area (TPSA) is 12.9 Å². The molecule has 3 rings (SSSR count). The number of hydrogen-bond donors (Lipinski definition) is 0. The first-order valence-electron chi connectivity index (χ1n) is 5.86. The Kier molecular flexibility index (Phi) is 2.81. The zero-order valence-electron chi connectivity index (χ0n) is 10.0. The van der Waals surface area contributed by atoms with E-state index in [0.29, 0.717) is 5.15 Å². The SMILES string of the molecule is Bc1ccc2cc(-c3ccccc3)c(Cl)nc2c1. The van der Waals surface area contributed by atoms with Gasteiger partial charge in [0.15, 0.2) is 0 Å². The van der Waals surface area contributed by atoms with Crippen LogP contribution in [-0.2, 0) is 0 Å². The second-order valence-corrected chi connectivity index (χ2v) is 4.75. The van der Waals surface area contributed by atoms with Crippen molar-refractivity contribution in [2.75, 3.05) is 0 Å². The lowest BCUT2D eigenvalue weighted by Crippen LogP contribution is -2.00. The van der Waals surface area contributed by atoms with Gasteiger partial charge in [-0.15, -0.1) is 0 Å². The van der Waals surface area contributed by atoms with Gasteiger partial charge in [0.25, 0.3) is 0 Å². The van der Waals surface area contributed by atoms with Crippen LogP contribution in [0.4, 0.5) is 0 Å². The van der Waals surface area contributed by atoms with Crippen LogP contribution in [0.15, 0.2) is 54.6 Å². The van der Waals surface area contributed by atoms with Crippen LogP contribution in [0.2, 0.25) is 5.15 Å². The van der Waals surface area contributed by atoms with E-state index in [1.165, 1.54) is 5.46 Å². The summed E-state index contributed by atoms with van der Waals surface area (Å²) in [6.45, 7) is 0. The molecular formula is C15H11BClN. The molecule has 1 heterocycles. The van der Waals surface area contributed by atoms with Crippen LogP contribution in [0.3, 0.4) is 0 Å². The van der Waals surface area contributed by atoms with Crippen LogP contribution in [-0.4, -0.2) is 12.8 Å². The van der Waals surface area contributed by atoms with Gasteiger partial charge in [-0.25, -0.2) is 4.98 Å². The molecule has 3 aromatic rings. The smallest absolute Gasteiger partial charge is 0.139 e. The summed E-state index contributed by atoms with van der Waals surface area (Å²) in [6, 6.07) is 18.4. The fraction of sp³-hybridized carbons (Fsp3) is 0. The van der Waals surface area contributed by atoms with Crippen LogP contribution in [0.1, 0.15) is 0 Å². The normalized spacial score (nSPS) is 10.7. The van der Waals surface area contributed by atoms with E-state index in [1.54, 1.807) is 0 Å². The third-order valence-electron chi connectivity index (χ3n) is 3.01. The third kappa shape index (κ3) is 2.00. The van der Waals surface area contributed by atoms with Crippen molar-refractivity contribution in [2.45, 2.75) is 0 Å². The van der Waals surface area contributed by atoms with E-state index < -0.39 is 0 Å². The fourth-order valence-electron chi connectivity index (χ4n) is 2.07. The van der Waals surface area contributed by atoms with E-state index >= 15 is 0 Å². The molecule has 0 aliphatic rings. The summed E-state index contributed by atoms with van der Waals surface area (Å²) in [4.78, 5) is 4.48. The molecule has 0 spiro atoms. The maximum Gasteiger partial charge on any atom is 0.139 e. The minimum absolute atomic E-state index is 0.555. The van der Waals surface area contributed by atoms with Gasteiger partial charge in [-0.2, -0.15) is 0 Å². The Morgan fingerprint density at radius 3 is 2.50 bits per heavy atom. The van der Waals surface area contributed by atoms with Gasteiger partial charge in [0.05, 0.1) is 5.52 Å².